The molecular weight excluding hydrogens is 342 g/mol. The summed E-state index contributed by atoms with van der Waals surface area (Å²) < 4.78 is 5.67. The van der Waals surface area contributed by atoms with Crippen molar-refractivity contribution in [3.63, 3.8) is 0 Å². The lowest BCUT2D eigenvalue weighted by Gasteiger charge is -2.25. The number of hydrogen-bond acceptors (Lipinski definition) is 4. The lowest BCUT2D eigenvalue weighted by molar-refractivity contribution is -0.118. The van der Waals surface area contributed by atoms with Crippen LogP contribution in [0.4, 0.5) is 5.69 Å². The Bertz CT molecular complexity index is 897. The number of aliphatic hydroxyl groups excluding tert-OH is 1. The average molecular weight is 360 g/mol. The average Bonchev–Trinajstić information content (AvgIpc) is 3.12. The predicted molar refractivity (Wildman–Crippen MR) is 94.8 cm³/mol. The number of ketones is 1. The van der Waals surface area contributed by atoms with Gasteiger partial charge in [0.25, 0.3) is 5.91 Å². The quantitative estimate of drug-likeness (QED) is 0.876. The van der Waals surface area contributed by atoms with Crippen molar-refractivity contribution >= 4 is 29.0 Å². The van der Waals surface area contributed by atoms with Gasteiger partial charge in [-0.2, -0.15) is 0 Å². The Hall–Kier alpha value is -2.53. The van der Waals surface area contributed by atoms with E-state index in [9.17, 15) is 14.7 Å². The first-order chi connectivity index (χ1) is 11.8. The number of aryl methyl sites for hydroxylation is 2. The van der Waals surface area contributed by atoms with Gasteiger partial charge in [-0.3, -0.25) is 14.5 Å². The zero-order chi connectivity index (χ0) is 18.3. The Kier molecular flexibility index (Phi) is 4.43. The van der Waals surface area contributed by atoms with Gasteiger partial charge >= 0.3 is 0 Å². The first-order valence-electron chi connectivity index (χ1n) is 7.97. The highest BCUT2D eigenvalue weighted by Gasteiger charge is 2.45. The Labute approximate surface area is 150 Å². The number of carbonyl (C=O) groups excluding carboxylic acids is 2. The van der Waals surface area contributed by atoms with E-state index in [-0.39, 0.29) is 17.8 Å². The van der Waals surface area contributed by atoms with Crippen molar-refractivity contribution in [2.45, 2.75) is 33.2 Å². The zero-order valence-electron chi connectivity index (χ0n) is 14.2. The number of halogens is 1. The van der Waals surface area contributed by atoms with Crippen LogP contribution in [0.3, 0.4) is 0 Å². The summed E-state index contributed by atoms with van der Waals surface area (Å²) in [6.07, 6.45) is 0.172. The number of carbonyl (C=O) groups is 2. The second-order valence-electron chi connectivity index (χ2n) is 6.00. The molecule has 0 saturated heterocycles. The third kappa shape index (κ3) is 2.85. The van der Waals surface area contributed by atoms with E-state index in [1.54, 1.807) is 44.2 Å². The molecule has 1 unspecified atom stereocenters. The van der Waals surface area contributed by atoms with E-state index >= 15 is 0 Å². The number of amides is 1. The van der Waals surface area contributed by atoms with Crippen molar-refractivity contribution in [1.82, 2.24) is 0 Å². The Morgan fingerprint density at radius 3 is 2.56 bits per heavy atom. The van der Waals surface area contributed by atoms with Crippen LogP contribution in [0.25, 0.3) is 0 Å². The van der Waals surface area contributed by atoms with Crippen LogP contribution in [0.15, 0.2) is 46.1 Å². The SMILES string of the molecule is CCC(=O)C1=C(O)C(=O)N(c2ccc(C)c(Cl)c2)C1c1ccc(C)o1. The molecule has 0 radical (unpaired) electrons. The van der Waals surface area contributed by atoms with Crippen LogP contribution in [0.2, 0.25) is 5.02 Å². The summed E-state index contributed by atoms with van der Waals surface area (Å²) >= 11 is 6.20. The summed E-state index contributed by atoms with van der Waals surface area (Å²) in [5.74, 6) is -0.411. The summed E-state index contributed by atoms with van der Waals surface area (Å²) in [7, 11) is 0. The molecule has 1 atom stereocenters. The van der Waals surface area contributed by atoms with Crippen molar-refractivity contribution in [3.8, 4) is 0 Å². The van der Waals surface area contributed by atoms with Crippen molar-refractivity contribution in [2.24, 2.45) is 0 Å². The molecule has 1 aromatic heterocycles. The summed E-state index contributed by atoms with van der Waals surface area (Å²) in [6.45, 7) is 5.31. The molecule has 1 aliphatic heterocycles. The van der Waals surface area contributed by atoms with Crippen LogP contribution in [0, 0.1) is 13.8 Å². The minimum absolute atomic E-state index is 0.0542. The monoisotopic (exact) mass is 359 g/mol. The maximum Gasteiger partial charge on any atom is 0.294 e. The predicted octanol–water partition coefficient (Wildman–Crippen LogP) is 4.43. The molecule has 2 aromatic rings. The lowest BCUT2D eigenvalue weighted by Crippen LogP contribution is -2.30. The van der Waals surface area contributed by atoms with Gasteiger partial charge in [0.15, 0.2) is 11.5 Å². The second kappa shape index (κ2) is 6.41. The molecule has 0 fully saturated rings. The van der Waals surface area contributed by atoms with Gasteiger partial charge in [-0.15, -0.1) is 0 Å². The third-order valence-corrected chi connectivity index (χ3v) is 4.70. The Balaban J connectivity index is 2.18. The summed E-state index contributed by atoms with van der Waals surface area (Å²) in [5, 5.41) is 10.8. The van der Waals surface area contributed by atoms with Gasteiger partial charge in [-0.05, 0) is 43.7 Å². The largest absolute Gasteiger partial charge is 0.503 e. The molecule has 1 amide bonds. The number of nitrogens with zero attached hydrogens (tertiary/aromatic N) is 1. The molecule has 6 heteroatoms. The highest BCUT2D eigenvalue weighted by Crippen LogP contribution is 2.42. The van der Waals surface area contributed by atoms with Gasteiger partial charge in [0.1, 0.15) is 17.6 Å². The highest BCUT2D eigenvalue weighted by molar-refractivity contribution is 6.31. The topological polar surface area (TPSA) is 70.8 Å². The van der Waals surface area contributed by atoms with Crippen molar-refractivity contribution in [2.75, 3.05) is 4.90 Å². The maximum atomic E-state index is 12.7. The molecule has 0 saturated carbocycles. The first-order valence-corrected chi connectivity index (χ1v) is 8.35. The Morgan fingerprint density at radius 1 is 1.28 bits per heavy atom. The van der Waals surface area contributed by atoms with E-state index in [1.165, 1.54) is 4.90 Å². The number of rotatable bonds is 4. The molecule has 0 spiro atoms. The van der Waals surface area contributed by atoms with Crippen LogP contribution in [0.5, 0.6) is 0 Å². The fourth-order valence-corrected chi connectivity index (χ4v) is 3.12. The fourth-order valence-electron chi connectivity index (χ4n) is 2.95. The Morgan fingerprint density at radius 2 is 2.00 bits per heavy atom. The molecule has 2 heterocycles. The van der Waals surface area contributed by atoms with E-state index < -0.39 is 17.7 Å². The molecule has 130 valence electrons. The second-order valence-corrected chi connectivity index (χ2v) is 6.41. The van der Waals surface area contributed by atoms with Crippen molar-refractivity contribution < 1.29 is 19.1 Å². The standard InChI is InChI=1S/C19H18ClNO4/c1-4-14(22)16-17(15-8-6-11(3)25-15)21(19(24)18(16)23)12-7-5-10(2)13(20)9-12/h5-9,17,23H,4H2,1-3H3. The van der Waals surface area contributed by atoms with Gasteiger partial charge in [-0.25, -0.2) is 0 Å². The van der Waals surface area contributed by atoms with Gasteiger partial charge in [0.2, 0.25) is 0 Å². The van der Waals surface area contributed by atoms with Gasteiger partial charge < -0.3 is 9.52 Å². The molecule has 5 nitrogen and oxygen atoms in total. The lowest BCUT2D eigenvalue weighted by atomic mass is 9.99. The number of anilines is 1. The van der Waals surface area contributed by atoms with E-state index in [0.29, 0.717) is 22.2 Å². The van der Waals surface area contributed by atoms with Crippen LogP contribution in [0.1, 0.15) is 36.5 Å². The van der Waals surface area contributed by atoms with Crippen LogP contribution in [-0.2, 0) is 9.59 Å². The number of furan rings is 1. The minimum Gasteiger partial charge on any atom is -0.503 e. The first kappa shape index (κ1) is 17.3. The van der Waals surface area contributed by atoms with E-state index in [4.69, 9.17) is 16.0 Å². The molecule has 1 aromatic carbocycles. The number of Topliss-reactive ketones (excluding diaryl/α,β-unsaturated/α-hetero) is 1. The third-order valence-electron chi connectivity index (χ3n) is 4.29. The summed E-state index contributed by atoms with van der Waals surface area (Å²) in [6, 6.07) is 7.80. The minimum atomic E-state index is -0.813. The fraction of sp³-hybridized carbons (Fsp3) is 0.263. The van der Waals surface area contributed by atoms with E-state index in [0.717, 1.165) is 5.56 Å². The molecule has 0 bridgehead atoms. The highest BCUT2D eigenvalue weighted by atomic mass is 35.5. The molecule has 0 aliphatic carbocycles. The number of aliphatic hydroxyl groups is 1. The summed E-state index contributed by atoms with van der Waals surface area (Å²) in [4.78, 5) is 26.4. The zero-order valence-corrected chi connectivity index (χ0v) is 14.9. The maximum absolute atomic E-state index is 12.7. The van der Waals surface area contributed by atoms with Crippen LogP contribution >= 0.6 is 11.6 Å². The molecule has 1 N–H and O–H groups in total. The van der Waals surface area contributed by atoms with Crippen LogP contribution in [-0.4, -0.2) is 16.8 Å². The van der Waals surface area contributed by atoms with E-state index in [2.05, 4.69) is 0 Å². The van der Waals surface area contributed by atoms with E-state index in [1.807, 2.05) is 6.92 Å². The van der Waals surface area contributed by atoms with Crippen LogP contribution < -0.4 is 4.90 Å². The molecule has 25 heavy (non-hydrogen) atoms. The number of hydrogen-bond donors (Lipinski definition) is 1. The molecule has 1 aliphatic rings. The van der Waals surface area contributed by atoms with Gasteiger partial charge in [-0.1, -0.05) is 24.6 Å². The molecular formula is C19H18ClNO4. The van der Waals surface area contributed by atoms with Gasteiger partial charge in [0.05, 0.1) is 5.57 Å². The smallest absolute Gasteiger partial charge is 0.294 e. The molecule has 3 rings (SSSR count). The summed E-state index contributed by atoms with van der Waals surface area (Å²) in [5.41, 5.74) is 1.41. The van der Waals surface area contributed by atoms with Crippen molar-refractivity contribution in [3.05, 3.63) is 63.8 Å². The van der Waals surface area contributed by atoms with Gasteiger partial charge in [0, 0.05) is 17.1 Å². The normalized spacial score (nSPS) is 17.5. The number of benzene rings is 1. The van der Waals surface area contributed by atoms with Crippen molar-refractivity contribution in [1.29, 1.82) is 0 Å².